The standard InChI is InChI=1S/C16H23NO4/c1-12(2)17-11-13-10-14(4-5-15(13)16(17)18)21-9-8-20-7-6-19-3/h4-5,10,12H,6-9,11H2,1-3H3. The molecule has 1 aliphatic heterocycles. The van der Waals surface area contributed by atoms with Gasteiger partial charge in [-0.15, -0.1) is 0 Å². The number of rotatable bonds is 8. The number of carbonyl (C=O) groups is 1. The molecular weight excluding hydrogens is 270 g/mol. The van der Waals surface area contributed by atoms with Crippen molar-refractivity contribution in [1.82, 2.24) is 4.90 Å². The van der Waals surface area contributed by atoms with Gasteiger partial charge in [-0.3, -0.25) is 4.79 Å². The Morgan fingerprint density at radius 3 is 2.67 bits per heavy atom. The molecule has 0 atom stereocenters. The van der Waals surface area contributed by atoms with Crippen LogP contribution in [0.1, 0.15) is 29.8 Å². The highest BCUT2D eigenvalue weighted by Crippen LogP contribution is 2.28. The van der Waals surface area contributed by atoms with Crippen molar-refractivity contribution < 1.29 is 19.0 Å². The number of methoxy groups -OCH3 is 1. The smallest absolute Gasteiger partial charge is 0.254 e. The van der Waals surface area contributed by atoms with Crippen LogP contribution in [0, 0.1) is 0 Å². The molecule has 1 aromatic rings. The van der Waals surface area contributed by atoms with Crippen LogP contribution < -0.4 is 4.74 Å². The molecule has 1 aliphatic rings. The Balaban J connectivity index is 1.86. The first kappa shape index (κ1) is 15.8. The maximum Gasteiger partial charge on any atom is 0.254 e. The Hall–Kier alpha value is -1.59. The second-order valence-corrected chi connectivity index (χ2v) is 5.30. The number of carbonyl (C=O) groups excluding carboxylic acids is 1. The zero-order valence-electron chi connectivity index (χ0n) is 12.9. The zero-order valence-corrected chi connectivity index (χ0v) is 12.9. The van der Waals surface area contributed by atoms with Gasteiger partial charge in [0, 0.05) is 25.3 Å². The lowest BCUT2D eigenvalue weighted by Gasteiger charge is -2.19. The van der Waals surface area contributed by atoms with E-state index < -0.39 is 0 Å². The number of fused-ring (bicyclic) bond motifs is 1. The first-order chi connectivity index (χ1) is 10.1. The summed E-state index contributed by atoms with van der Waals surface area (Å²) in [5.74, 6) is 0.886. The van der Waals surface area contributed by atoms with Gasteiger partial charge in [-0.05, 0) is 37.6 Å². The highest BCUT2D eigenvalue weighted by molar-refractivity contribution is 5.98. The van der Waals surface area contributed by atoms with E-state index in [9.17, 15) is 4.79 Å². The van der Waals surface area contributed by atoms with E-state index in [0.29, 0.717) is 33.0 Å². The van der Waals surface area contributed by atoms with Crippen molar-refractivity contribution in [2.75, 3.05) is 33.5 Å². The van der Waals surface area contributed by atoms with Crippen LogP contribution in [-0.4, -0.2) is 50.4 Å². The average molecular weight is 293 g/mol. The minimum atomic E-state index is 0.106. The number of nitrogens with zero attached hydrogens (tertiary/aromatic N) is 1. The van der Waals surface area contributed by atoms with Crippen molar-refractivity contribution in [3.8, 4) is 5.75 Å². The van der Waals surface area contributed by atoms with Gasteiger partial charge in [0.25, 0.3) is 5.91 Å². The summed E-state index contributed by atoms with van der Waals surface area (Å²) in [6.07, 6.45) is 0. The van der Waals surface area contributed by atoms with Gasteiger partial charge < -0.3 is 19.1 Å². The van der Waals surface area contributed by atoms with Gasteiger partial charge in [-0.25, -0.2) is 0 Å². The first-order valence-electron chi connectivity index (χ1n) is 7.27. The summed E-state index contributed by atoms with van der Waals surface area (Å²) in [5.41, 5.74) is 1.82. The zero-order chi connectivity index (χ0) is 15.2. The fourth-order valence-electron chi connectivity index (χ4n) is 2.29. The molecule has 0 N–H and O–H groups in total. The molecular formula is C16H23NO4. The van der Waals surface area contributed by atoms with Crippen molar-refractivity contribution in [2.45, 2.75) is 26.4 Å². The Kier molecular flexibility index (Phi) is 5.59. The van der Waals surface area contributed by atoms with Crippen LogP contribution in [0.15, 0.2) is 18.2 Å². The second-order valence-electron chi connectivity index (χ2n) is 5.30. The van der Waals surface area contributed by atoms with Crippen LogP contribution in [0.25, 0.3) is 0 Å². The molecule has 0 saturated heterocycles. The minimum Gasteiger partial charge on any atom is -0.491 e. The molecule has 2 rings (SSSR count). The van der Waals surface area contributed by atoms with Crippen LogP contribution >= 0.6 is 0 Å². The van der Waals surface area contributed by atoms with Crippen LogP contribution in [-0.2, 0) is 16.0 Å². The molecule has 5 nitrogen and oxygen atoms in total. The third kappa shape index (κ3) is 3.95. The molecule has 1 amide bonds. The Morgan fingerprint density at radius 1 is 1.19 bits per heavy atom. The van der Waals surface area contributed by atoms with Crippen molar-refractivity contribution in [2.24, 2.45) is 0 Å². The molecule has 0 saturated carbocycles. The molecule has 21 heavy (non-hydrogen) atoms. The molecule has 116 valence electrons. The van der Waals surface area contributed by atoms with Gasteiger partial charge in [-0.1, -0.05) is 0 Å². The van der Waals surface area contributed by atoms with E-state index >= 15 is 0 Å². The van der Waals surface area contributed by atoms with Crippen LogP contribution in [0.2, 0.25) is 0 Å². The van der Waals surface area contributed by atoms with Crippen LogP contribution in [0.3, 0.4) is 0 Å². The van der Waals surface area contributed by atoms with Crippen molar-refractivity contribution in [3.05, 3.63) is 29.3 Å². The summed E-state index contributed by atoms with van der Waals surface area (Å²) in [7, 11) is 1.64. The fraction of sp³-hybridized carbons (Fsp3) is 0.562. The summed E-state index contributed by atoms with van der Waals surface area (Å²) in [5, 5.41) is 0. The van der Waals surface area contributed by atoms with E-state index in [0.717, 1.165) is 16.9 Å². The monoisotopic (exact) mass is 293 g/mol. The third-order valence-corrected chi connectivity index (χ3v) is 3.46. The van der Waals surface area contributed by atoms with Crippen molar-refractivity contribution >= 4 is 5.91 Å². The topological polar surface area (TPSA) is 48.0 Å². The lowest BCUT2D eigenvalue weighted by atomic mass is 10.1. The Morgan fingerprint density at radius 2 is 1.95 bits per heavy atom. The number of hydrogen-bond acceptors (Lipinski definition) is 4. The molecule has 0 aromatic heterocycles. The summed E-state index contributed by atoms with van der Waals surface area (Å²) in [6.45, 7) is 6.89. The van der Waals surface area contributed by atoms with E-state index in [-0.39, 0.29) is 11.9 Å². The highest BCUT2D eigenvalue weighted by Gasteiger charge is 2.29. The molecule has 1 heterocycles. The van der Waals surface area contributed by atoms with Crippen molar-refractivity contribution in [1.29, 1.82) is 0 Å². The predicted octanol–water partition coefficient (Wildman–Crippen LogP) is 2.09. The maximum atomic E-state index is 12.2. The van der Waals surface area contributed by atoms with E-state index in [1.54, 1.807) is 7.11 Å². The van der Waals surface area contributed by atoms with Gasteiger partial charge in [0.2, 0.25) is 0 Å². The van der Waals surface area contributed by atoms with Crippen LogP contribution in [0.5, 0.6) is 5.75 Å². The largest absolute Gasteiger partial charge is 0.491 e. The Bertz CT molecular complexity index is 487. The SMILES string of the molecule is COCCOCCOc1ccc2c(c1)CN(C(C)C)C2=O. The van der Waals surface area contributed by atoms with E-state index in [4.69, 9.17) is 14.2 Å². The molecule has 0 bridgehead atoms. The summed E-state index contributed by atoms with van der Waals surface area (Å²) >= 11 is 0. The Labute approximate surface area is 125 Å². The summed E-state index contributed by atoms with van der Waals surface area (Å²) in [6, 6.07) is 5.85. The molecule has 0 aliphatic carbocycles. The van der Waals surface area contributed by atoms with Gasteiger partial charge in [0.05, 0.1) is 19.8 Å². The van der Waals surface area contributed by atoms with Gasteiger partial charge in [0.15, 0.2) is 0 Å². The number of amides is 1. The second kappa shape index (κ2) is 7.43. The molecule has 1 aromatic carbocycles. The molecule has 5 heteroatoms. The number of ether oxygens (including phenoxy) is 3. The van der Waals surface area contributed by atoms with E-state index in [1.807, 2.05) is 36.9 Å². The minimum absolute atomic E-state index is 0.106. The summed E-state index contributed by atoms with van der Waals surface area (Å²) in [4.78, 5) is 14.0. The van der Waals surface area contributed by atoms with E-state index in [1.165, 1.54) is 0 Å². The van der Waals surface area contributed by atoms with E-state index in [2.05, 4.69) is 0 Å². The first-order valence-corrected chi connectivity index (χ1v) is 7.27. The lowest BCUT2D eigenvalue weighted by Crippen LogP contribution is -2.30. The van der Waals surface area contributed by atoms with Gasteiger partial charge >= 0.3 is 0 Å². The highest BCUT2D eigenvalue weighted by atomic mass is 16.5. The fourth-order valence-corrected chi connectivity index (χ4v) is 2.29. The maximum absolute atomic E-state index is 12.2. The quantitative estimate of drug-likeness (QED) is 0.689. The third-order valence-electron chi connectivity index (χ3n) is 3.46. The lowest BCUT2D eigenvalue weighted by molar-refractivity contribution is 0.0544. The molecule has 0 unspecified atom stereocenters. The normalized spacial score (nSPS) is 13.9. The van der Waals surface area contributed by atoms with Gasteiger partial charge in [-0.2, -0.15) is 0 Å². The predicted molar refractivity (Wildman–Crippen MR) is 79.6 cm³/mol. The average Bonchev–Trinajstić information content (AvgIpc) is 2.80. The number of benzene rings is 1. The van der Waals surface area contributed by atoms with Crippen LogP contribution in [0.4, 0.5) is 0 Å². The van der Waals surface area contributed by atoms with Crippen molar-refractivity contribution in [3.63, 3.8) is 0 Å². The summed E-state index contributed by atoms with van der Waals surface area (Å²) < 4.78 is 15.9. The molecule has 0 fully saturated rings. The number of hydrogen-bond donors (Lipinski definition) is 0. The molecule has 0 spiro atoms. The molecule has 0 radical (unpaired) electrons. The van der Waals surface area contributed by atoms with Gasteiger partial charge in [0.1, 0.15) is 12.4 Å².